The van der Waals surface area contributed by atoms with E-state index in [0.717, 1.165) is 0 Å². The highest BCUT2D eigenvalue weighted by Gasteiger charge is 2.23. The molecule has 0 amide bonds. The van der Waals surface area contributed by atoms with Crippen LogP contribution in [0.5, 0.6) is 0 Å². The van der Waals surface area contributed by atoms with Crippen molar-refractivity contribution in [3.8, 4) is 0 Å². The van der Waals surface area contributed by atoms with Crippen molar-refractivity contribution in [2.24, 2.45) is 11.5 Å². The third-order valence-electron chi connectivity index (χ3n) is 2.15. The van der Waals surface area contributed by atoms with E-state index >= 15 is 0 Å². The Morgan fingerprint density at radius 1 is 0.842 bits per heavy atom. The summed E-state index contributed by atoms with van der Waals surface area (Å²) in [6, 6.07) is -2.49. The van der Waals surface area contributed by atoms with Crippen molar-refractivity contribution in [2.75, 3.05) is 0 Å². The number of carboxylic acids is 2. The Bertz CT molecular complexity index is 335. The van der Waals surface area contributed by atoms with Gasteiger partial charge in [0, 0.05) is 12.8 Å². The molecule has 0 aliphatic carbocycles. The van der Waals surface area contributed by atoms with Crippen LogP contribution in [0.1, 0.15) is 25.7 Å². The third kappa shape index (κ3) is 7.84. The van der Waals surface area contributed by atoms with Gasteiger partial charge in [0.15, 0.2) is 0 Å². The van der Waals surface area contributed by atoms with E-state index < -0.39 is 36.0 Å². The Morgan fingerprint density at radius 2 is 1.16 bits per heavy atom. The molecule has 6 N–H and O–H groups in total. The monoisotopic (exact) mass is 276 g/mol. The summed E-state index contributed by atoms with van der Waals surface area (Å²) in [6.07, 6.45) is -1.03. The molecule has 0 spiro atoms. The number of ether oxygens (including phenoxy) is 1. The first-order valence-electron chi connectivity index (χ1n) is 5.44. The Morgan fingerprint density at radius 3 is 1.42 bits per heavy atom. The second-order valence-corrected chi connectivity index (χ2v) is 3.82. The van der Waals surface area contributed by atoms with Gasteiger partial charge >= 0.3 is 23.9 Å². The minimum absolute atomic E-state index is 0.175. The van der Waals surface area contributed by atoms with E-state index in [0.29, 0.717) is 0 Å². The average molecular weight is 276 g/mol. The molecule has 0 saturated carbocycles. The summed E-state index contributed by atoms with van der Waals surface area (Å²) in [5.41, 5.74) is 10.6. The fraction of sp³-hybridized carbons (Fsp3) is 0.600. The molecule has 0 aliphatic heterocycles. The van der Waals surface area contributed by atoms with E-state index in [-0.39, 0.29) is 25.7 Å². The highest BCUT2D eigenvalue weighted by molar-refractivity contribution is 5.91. The molecule has 0 aromatic rings. The second-order valence-electron chi connectivity index (χ2n) is 3.82. The molecule has 0 aromatic carbocycles. The molecule has 2 unspecified atom stereocenters. The third-order valence-corrected chi connectivity index (χ3v) is 2.15. The van der Waals surface area contributed by atoms with E-state index in [9.17, 15) is 19.2 Å². The van der Waals surface area contributed by atoms with Crippen molar-refractivity contribution < 1.29 is 34.1 Å². The number of hydrogen-bond acceptors (Lipinski definition) is 7. The van der Waals surface area contributed by atoms with Crippen LogP contribution in [0.3, 0.4) is 0 Å². The van der Waals surface area contributed by atoms with Crippen LogP contribution in [-0.4, -0.2) is 46.2 Å². The van der Waals surface area contributed by atoms with Crippen molar-refractivity contribution in [1.82, 2.24) is 0 Å². The van der Waals surface area contributed by atoms with Gasteiger partial charge in [-0.2, -0.15) is 0 Å². The SMILES string of the molecule is NC(CCC(=O)O)C(=O)OC(=O)C(N)CCC(=O)O. The van der Waals surface area contributed by atoms with Crippen LogP contribution < -0.4 is 11.5 Å². The van der Waals surface area contributed by atoms with Crippen molar-refractivity contribution >= 4 is 23.9 Å². The van der Waals surface area contributed by atoms with Crippen molar-refractivity contribution in [3.05, 3.63) is 0 Å². The molecule has 19 heavy (non-hydrogen) atoms. The van der Waals surface area contributed by atoms with E-state index in [1.165, 1.54) is 0 Å². The molecule has 9 heteroatoms. The predicted molar refractivity (Wildman–Crippen MR) is 60.8 cm³/mol. The summed E-state index contributed by atoms with van der Waals surface area (Å²) < 4.78 is 4.32. The van der Waals surface area contributed by atoms with Crippen molar-refractivity contribution in [3.63, 3.8) is 0 Å². The zero-order chi connectivity index (χ0) is 15.0. The lowest BCUT2D eigenvalue weighted by molar-refractivity contribution is -0.161. The molecule has 0 saturated heterocycles. The van der Waals surface area contributed by atoms with Gasteiger partial charge in [-0.3, -0.25) is 9.59 Å². The lowest BCUT2D eigenvalue weighted by atomic mass is 10.1. The zero-order valence-corrected chi connectivity index (χ0v) is 10.1. The second kappa shape index (κ2) is 8.16. The van der Waals surface area contributed by atoms with Gasteiger partial charge in [-0.05, 0) is 12.8 Å². The standard InChI is InChI=1S/C10H16N2O7/c11-5(1-3-7(13)14)9(17)19-10(18)6(12)2-4-8(15)16/h5-6H,1-4,11-12H2,(H,13,14)(H,15,16). The summed E-state index contributed by atoms with van der Waals surface area (Å²) in [4.78, 5) is 43.1. The first kappa shape index (κ1) is 17.0. The van der Waals surface area contributed by atoms with E-state index in [1.54, 1.807) is 0 Å². The van der Waals surface area contributed by atoms with Crippen molar-refractivity contribution in [1.29, 1.82) is 0 Å². The van der Waals surface area contributed by atoms with E-state index in [2.05, 4.69) is 4.74 Å². The average Bonchev–Trinajstić information content (AvgIpc) is 2.32. The maximum atomic E-state index is 11.3. The largest absolute Gasteiger partial charge is 0.481 e. The Kier molecular flexibility index (Phi) is 7.30. The normalized spacial score (nSPS) is 13.4. The van der Waals surface area contributed by atoms with Crippen LogP contribution in [0.4, 0.5) is 0 Å². The Hall–Kier alpha value is -2.00. The first-order chi connectivity index (χ1) is 8.73. The van der Waals surface area contributed by atoms with Gasteiger partial charge in [-0.1, -0.05) is 0 Å². The molecule has 0 radical (unpaired) electrons. The fourth-order valence-electron chi connectivity index (χ4n) is 1.04. The molecule has 0 heterocycles. The van der Waals surface area contributed by atoms with Gasteiger partial charge in [0.05, 0.1) is 0 Å². The van der Waals surface area contributed by atoms with Gasteiger partial charge in [0.1, 0.15) is 12.1 Å². The van der Waals surface area contributed by atoms with Crippen LogP contribution in [0.15, 0.2) is 0 Å². The smallest absolute Gasteiger partial charge is 0.330 e. The van der Waals surface area contributed by atoms with Gasteiger partial charge in [0.2, 0.25) is 0 Å². The molecular weight excluding hydrogens is 260 g/mol. The summed E-state index contributed by atoms with van der Waals surface area (Å²) in [5.74, 6) is -4.44. The molecule has 2 atom stereocenters. The van der Waals surface area contributed by atoms with Crippen LogP contribution >= 0.6 is 0 Å². The molecule has 0 aromatic heterocycles. The maximum Gasteiger partial charge on any atom is 0.330 e. The maximum absolute atomic E-state index is 11.3. The van der Waals surface area contributed by atoms with Gasteiger partial charge < -0.3 is 26.4 Å². The molecular formula is C10H16N2O7. The minimum atomic E-state index is -1.24. The highest BCUT2D eigenvalue weighted by atomic mass is 16.6. The van der Waals surface area contributed by atoms with Crippen LogP contribution in [-0.2, 0) is 23.9 Å². The summed E-state index contributed by atoms with van der Waals surface area (Å²) in [6.45, 7) is 0. The number of nitrogens with two attached hydrogens (primary N) is 2. The summed E-state index contributed by atoms with van der Waals surface area (Å²) in [7, 11) is 0. The lowest BCUT2D eigenvalue weighted by Gasteiger charge is -2.12. The summed E-state index contributed by atoms with van der Waals surface area (Å²) in [5, 5.41) is 16.8. The minimum Gasteiger partial charge on any atom is -0.481 e. The van der Waals surface area contributed by atoms with Crippen LogP contribution in [0.2, 0.25) is 0 Å². The number of hydrogen-bond donors (Lipinski definition) is 4. The number of carbonyl (C=O) groups is 4. The topological polar surface area (TPSA) is 170 Å². The van der Waals surface area contributed by atoms with E-state index in [1.807, 2.05) is 0 Å². The van der Waals surface area contributed by atoms with E-state index in [4.69, 9.17) is 21.7 Å². The molecule has 0 aliphatic rings. The summed E-state index contributed by atoms with van der Waals surface area (Å²) >= 11 is 0. The zero-order valence-electron chi connectivity index (χ0n) is 10.1. The lowest BCUT2D eigenvalue weighted by Crippen LogP contribution is -2.40. The number of aliphatic carboxylic acids is 2. The number of rotatable bonds is 8. The van der Waals surface area contributed by atoms with Crippen molar-refractivity contribution in [2.45, 2.75) is 37.8 Å². The molecule has 0 bridgehead atoms. The van der Waals surface area contributed by atoms with Gasteiger partial charge in [-0.15, -0.1) is 0 Å². The molecule has 108 valence electrons. The van der Waals surface area contributed by atoms with Crippen LogP contribution in [0, 0.1) is 0 Å². The fourth-order valence-corrected chi connectivity index (χ4v) is 1.04. The van der Waals surface area contributed by atoms with Crippen LogP contribution in [0.25, 0.3) is 0 Å². The number of carbonyl (C=O) groups excluding carboxylic acids is 2. The predicted octanol–water partition coefficient (Wildman–Crippen LogP) is -1.56. The van der Waals surface area contributed by atoms with Gasteiger partial charge in [0.25, 0.3) is 0 Å². The number of carboxylic acid groups (broad SMARTS) is 2. The Balaban J connectivity index is 4.12. The molecule has 0 fully saturated rings. The molecule has 9 nitrogen and oxygen atoms in total. The first-order valence-corrected chi connectivity index (χ1v) is 5.44. The Labute approximate surface area is 108 Å². The number of esters is 2. The molecule has 0 rings (SSSR count). The highest BCUT2D eigenvalue weighted by Crippen LogP contribution is 2.01. The quantitative estimate of drug-likeness (QED) is 0.302. The van der Waals surface area contributed by atoms with Gasteiger partial charge in [-0.25, -0.2) is 9.59 Å².